The van der Waals surface area contributed by atoms with Gasteiger partial charge in [-0.05, 0) is 26.3 Å². The molecule has 4 heteroatoms. The normalized spacial score (nSPS) is 9.91. The Balaban J connectivity index is 3.52. The maximum atomic E-state index is 5.03. The third kappa shape index (κ3) is 4.98. The van der Waals surface area contributed by atoms with Crippen molar-refractivity contribution in [2.45, 2.75) is 0 Å². The predicted octanol–water partition coefficient (Wildman–Crippen LogP) is -0.0159. The van der Waals surface area contributed by atoms with Crippen molar-refractivity contribution >= 4 is 17.3 Å². The summed E-state index contributed by atoms with van der Waals surface area (Å²) in [5, 5.41) is 3.73. The Morgan fingerprint density at radius 3 is 2.18 bits per heavy atom. The summed E-state index contributed by atoms with van der Waals surface area (Å²) in [5.74, 6) is 0. The lowest BCUT2D eigenvalue weighted by Crippen LogP contribution is -2.38. The van der Waals surface area contributed by atoms with Gasteiger partial charge >= 0.3 is 0 Å². The highest BCUT2D eigenvalue weighted by Gasteiger charge is 2.00. The van der Waals surface area contributed by atoms with Crippen molar-refractivity contribution in [2.24, 2.45) is 0 Å². The molecule has 66 valence electrons. The summed E-state index contributed by atoms with van der Waals surface area (Å²) in [7, 11) is 7.93. The largest absolute Gasteiger partial charge is 0.366 e. The van der Waals surface area contributed by atoms with Crippen LogP contribution in [0.15, 0.2) is 0 Å². The Kier molecular flexibility index (Phi) is 5.15. The van der Waals surface area contributed by atoms with Crippen molar-refractivity contribution in [3.63, 3.8) is 0 Å². The van der Waals surface area contributed by atoms with Gasteiger partial charge in [-0.25, -0.2) is 0 Å². The molecule has 3 nitrogen and oxygen atoms in total. The first kappa shape index (κ1) is 10.7. The highest BCUT2D eigenvalue weighted by Crippen LogP contribution is 1.84. The second kappa shape index (κ2) is 5.32. The summed E-state index contributed by atoms with van der Waals surface area (Å²) in [4.78, 5) is 4.16. The van der Waals surface area contributed by atoms with Gasteiger partial charge in [0.25, 0.3) is 0 Å². The Bertz CT molecular complexity index is 125. The van der Waals surface area contributed by atoms with Gasteiger partial charge in [-0.2, -0.15) is 0 Å². The zero-order valence-corrected chi connectivity index (χ0v) is 8.53. The minimum Gasteiger partial charge on any atom is -0.366 e. The maximum absolute atomic E-state index is 5.03. The molecule has 0 aromatic rings. The first-order valence-corrected chi connectivity index (χ1v) is 4.06. The van der Waals surface area contributed by atoms with Gasteiger partial charge in [-0.1, -0.05) is 0 Å². The highest BCUT2D eigenvalue weighted by atomic mass is 32.1. The third-order valence-electron chi connectivity index (χ3n) is 1.44. The number of rotatable bonds is 3. The minimum atomic E-state index is 0.798. The molecule has 0 heterocycles. The van der Waals surface area contributed by atoms with Crippen molar-refractivity contribution in [3.8, 4) is 0 Å². The Labute approximate surface area is 74.4 Å². The average Bonchev–Trinajstić information content (AvgIpc) is 1.98. The van der Waals surface area contributed by atoms with Crippen LogP contribution < -0.4 is 5.32 Å². The monoisotopic (exact) mass is 175 g/mol. The molecular weight excluding hydrogens is 158 g/mol. The van der Waals surface area contributed by atoms with Crippen molar-refractivity contribution in [1.82, 2.24) is 15.1 Å². The van der Waals surface area contributed by atoms with Crippen molar-refractivity contribution in [1.29, 1.82) is 0 Å². The van der Waals surface area contributed by atoms with Gasteiger partial charge in [0.15, 0.2) is 5.11 Å². The van der Waals surface area contributed by atoms with Crippen LogP contribution in [0.2, 0.25) is 0 Å². The molecule has 1 N–H and O–H groups in total. The molecule has 11 heavy (non-hydrogen) atoms. The van der Waals surface area contributed by atoms with Crippen molar-refractivity contribution in [3.05, 3.63) is 0 Å². The van der Waals surface area contributed by atoms with Gasteiger partial charge in [-0.3, -0.25) is 0 Å². The van der Waals surface area contributed by atoms with E-state index in [1.165, 1.54) is 0 Å². The van der Waals surface area contributed by atoms with Crippen LogP contribution in [0.25, 0.3) is 0 Å². The fourth-order valence-electron chi connectivity index (χ4n) is 0.642. The molecule has 0 aliphatic heterocycles. The van der Waals surface area contributed by atoms with E-state index in [2.05, 4.69) is 24.3 Å². The van der Waals surface area contributed by atoms with Gasteiger partial charge in [0, 0.05) is 27.2 Å². The second-order valence-electron chi connectivity index (χ2n) is 2.78. The standard InChI is InChI=1S/C7H17N3S/c1-8-7(11)10(4)6-5-9(2)3/h5-6H2,1-4H3,(H,8,11). The van der Waals surface area contributed by atoms with Crippen LogP contribution in [0.3, 0.4) is 0 Å². The van der Waals surface area contributed by atoms with Crippen LogP contribution in [0.4, 0.5) is 0 Å². The molecular formula is C7H17N3S. The summed E-state index contributed by atoms with van der Waals surface area (Å²) in [6.45, 7) is 1.99. The zero-order valence-electron chi connectivity index (χ0n) is 7.72. The number of hydrogen-bond acceptors (Lipinski definition) is 2. The molecule has 0 saturated heterocycles. The van der Waals surface area contributed by atoms with Crippen molar-refractivity contribution in [2.75, 3.05) is 41.3 Å². The average molecular weight is 175 g/mol. The third-order valence-corrected chi connectivity index (χ3v) is 1.96. The quantitative estimate of drug-likeness (QED) is 0.608. The van der Waals surface area contributed by atoms with E-state index < -0.39 is 0 Å². The van der Waals surface area contributed by atoms with E-state index >= 15 is 0 Å². The molecule has 0 amide bonds. The Morgan fingerprint density at radius 1 is 1.27 bits per heavy atom. The predicted molar refractivity (Wildman–Crippen MR) is 52.8 cm³/mol. The van der Waals surface area contributed by atoms with E-state index in [0.717, 1.165) is 18.2 Å². The minimum absolute atomic E-state index is 0.798. The molecule has 0 atom stereocenters. The number of thiocarbonyl (C=S) groups is 1. The molecule has 0 rings (SSSR count). The van der Waals surface area contributed by atoms with Crippen LogP contribution in [0.1, 0.15) is 0 Å². The van der Waals surface area contributed by atoms with Gasteiger partial charge in [0.2, 0.25) is 0 Å². The molecule has 0 aliphatic carbocycles. The number of likely N-dealkylation sites (N-methyl/N-ethyl adjacent to an activating group) is 2. The maximum Gasteiger partial charge on any atom is 0.168 e. The van der Waals surface area contributed by atoms with Crippen LogP contribution in [0, 0.1) is 0 Å². The molecule has 0 aromatic carbocycles. The SMILES string of the molecule is CNC(=S)N(C)CCN(C)C. The number of nitrogens with one attached hydrogen (secondary N) is 1. The molecule has 0 unspecified atom stereocenters. The summed E-state index contributed by atoms with van der Waals surface area (Å²) < 4.78 is 0. The summed E-state index contributed by atoms with van der Waals surface area (Å²) in [6.07, 6.45) is 0. The van der Waals surface area contributed by atoms with E-state index in [4.69, 9.17) is 12.2 Å². The molecule has 0 fully saturated rings. The van der Waals surface area contributed by atoms with E-state index in [1.54, 1.807) is 0 Å². The first-order valence-electron chi connectivity index (χ1n) is 3.65. The number of nitrogens with zero attached hydrogens (tertiary/aromatic N) is 2. The van der Waals surface area contributed by atoms with Crippen LogP contribution in [-0.4, -0.2) is 56.2 Å². The molecule has 0 aliphatic rings. The first-order chi connectivity index (χ1) is 5.07. The fraction of sp³-hybridized carbons (Fsp3) is 0.857. The molecule has 0 radical (unpaired) electrons. The van der Waals surface area contributed by atoms with Crippen LogP contribution in [0.5, 0.6) is 0 Å². The molecule has 0 bridgehead atoms. The van der Waals surface area contributed by atoms with Gasteiger partial charge in [0.1, 0.15) is 0 Å². The van der Waals surface area contributed by atoms with E-state index in [1.807, 2.05) is 19.0 Å². The van der Waals surface area contributed by atoms with Crippen molar-refractivity contribution < 1.29 is 0 Å². The summed E-state index contributed by atoms with van der Waals surface area (Å²) >= 11 is 5.03. The lowest BCUT2D eigenvalue weighted by atomic mass is 10.5. The van der Waals surface area contributed by atoms with Gasteiger partial charge < -0.3 is 15.1 Å². The number of hydrogen-bond donors (Lipinski definition) is 1. The Morgan fingerprint density at radius 2 is 1.82 bits per heavy atom. The van der Waals surface area contributed by atoms with E-state index in [-0.39, 0.29) is 0 Å². The molecule has 0 aromatic heterocycles. The summed E-state index contributed by atoms with van der Waals surface area (Å²) in [5.41, 5.74) is 0. The van der Waals surface area contributed by atoms with Crippen LogP contribution in [-0.2, 0) is 0 Å². The zero-order chi connectivity index (χ0) is 8.85. The second-order valence-corrected chi connectivity index (χ2v) is 3.17. The fourth-order valence-corrected chi connectivity index (χ4v) is 0.734. The van der Waals surface area contributed by atoms with Crippen LogP contribution >= 0.6 is 12.2 Å². The van der Waals surface area contributed by atoms with E-state index in [9.17, 15) is 0 Å². The van der Waals surface area contributed by atoms with E-state index in [0.29, 0.717) is 0 Å². The smallest absolute Gasteiger partial charge is 0.168 e. The lowest BCUT2D eigenvalue weighted by molar-refractivity contribution is 0.356. The lowest BCUT2D eigenvalue weighted by Gasteiger charge is -2.21. The highest BCUT2D eigenvalue weighted by molar-refractivity contribution is 7.80. The summed E-state index contributed by atoms with van der Waals surface area (Å²) in [6, 6.07) is 0. The topological polar surface area (TPSA) is 18.5 Å². The Hall–Kier alpha value is -0.350. The van der Waals surface area contributed by atoms with Gasteiger partial charge in [-0.15, -0.1) is 0 Å². The molecule has 0 saturated carbocycles. The van der Waals surface area contributed by atoms with Gasteiger partial charge in [0.05, 0.1) is 0 Å². The molecule has 0 spiro atoms.